The lowest BCUT2D eigenvalue weighted by Gasteiger charge is -2.46. The molecule has 0 atom stereocenters. The van der Waals surface area contributed by atoms with Gasteiger partial charge in [-0.25, -0.2) is 0 Å². The van der Waals surface area contributed by atoms with E-state index >= 15 is 0 Å². The van der Waals surface area contributed by atoms with Crippen LogP contribution in [-0.4, -0.2) is 29.6 Å². The zero-order valence-electron chi connectivity index (χ0n) is 15.5. The molecule has 0 spiro atoms. The van der Waals surface area contributed by atoms with E-state index in [1.54, 1.807) is 0 Å². The van der Waals surface area contributed by atoms with Crippen LogP contribution in [-0.2, 0) is 4.79 Å². The smallest absolute Gasteiger partial charge is 0.258 e. The molecule has 134 valence electrons. The Morgan fingerprint density at radius 2 is 1.71 bits per heavy atom. The predicted molar refractivity (Wildman–Crippen MR) is 98.9 cm³/mol. The first-order valence-corrected chi connectivity index (χ1v) is 8.83. The van der Waals surface area contributed by atoms with E-state index in [2.05, 4.69) is 38.3 Å². The van der Waals surface area contributed by atoms with E-state index in [9.17, 15) is 4.79 Å². The van der Waals surface area contributed by atoms with Crippen LogP contribution in [0.3, 0.4) is 0 Å². The second-order valence-corrected chi connectivity index (χ2v) is 8.60. The lowest BCUT2D eigenvalue weighted by molar-refractivity contribution is -0.124. The number of halogens is 1. The Morgan fingerprint density at radius 1 is 1.21 bits per heavy atom. The number of nitrogens with one attached hydrogen (secondary N) is 2. The maximum atomic E-state index is 12.3. The van der Waals surface area contributed by atoms with Crippen LogP contribution in [0.4, 0.5) is 0 Å². The zero-order valence-corrected chi connectivity index (χ0v) is 16.3. The molecule has 1 aliphatic heterocycles. The van der Waals surface area contributed by atoms with E-state index in [1.807, 2.05) is 26.0 Å². The molecule has 0 saturated carbocycles. The quantitative estimate of drug-likeness (QED) is 0.867. The second kappa shape index (κ2) is 6.93. The molecule has 1 fully saturated rings. The Morgan fingerprint density at radius 3 is 2.21 bits per heavy atom. The van der Waals surface area contributed by atoms with Gasteiger partial charge in [-0.3, -0.25) is 4.79 Å². The third-order valence-electron chi connectivity index (χ3n) is 4.34. The molecule has 1 aromatic carbocycles. The van der Waals surface area contributed by atoms with Gasteiger partial charge >= 0.3 is 0 Å². The summed E-state index contributed by atoms with van der Waals surface area (Å²) < 4.78 is 5.64. The molecule has 0 radical (unpaired) electrons. The molecule has 1 heterocycles. The van der Waals surface area contributed by atoms with E-state index in [0.717, 1.165) is 29.0 Å². The molecule has 24 heavy (non-hydrogen) atoms. The Labute approximate surface area is 150 Å². The van der Waals surface area contributed by atoms with Crippen LogP contribution in [0, 0.1) is 13.8 Å². The van der Waals surface area contributed by atoms with Crippen LogP contribution in [0.1, 0.15) is 51.7 Å². The molecule has 1 amide bonds. The Hall–Kier alpha value is -1.26. The Kier molecular flexibility index (Phi) is 5.50. The van der Waals surface area contributed by atoms with Gasteiger partial charge < -0.3 is 15.4 Å². The minimum absolute atomic E-state index is 0.00492. The highest BCUT2D eigenvalue weighted by Crippen LogP contribution is 2.28. The van der Waals surface area contributed by atoms with Crippen molar-refractivity contribution in [3.8, 4) is 5.75 Å². The van der Waals surface area contributed by atoms with E-state index < -0.39 is 0 Å². The third kappa shape index (κ3) is 5.12. The summed E-state index contributed by atoms with van der Waals surface area (Å²) in [5.41, 5.74) is 1.92. The molecule has 1 aliphatic rings. The molecular formula is C19H29ClN2O2. The average molecular weight is 353 g/mol. The molecule has 0 unspecified atom stereocenters. The molecule has 2 rings (SSSR count). The van der Waals surface area contributed by atoms with E-state index in [-0.39, 0.29) is 29.6 Å². The SMILES string of the molecule is Cc1cc(OCC(=O)NC2CC(C)(C)NC(C)(C)C2)cc(C)c1Cl. The van der Waals surface area contributed by atoms with Crippen molar-refractivity contribution in [3.05, 3.63) is 28.3 Å². The highest BCUT2D eigenvalue weighted by atomic mass is 35.5. The first-order chi connectivity index (χ1) is 11.0. The number of carbonyl (C=O) groups excluding carboxylic acids is 1. The molecule has 0 bridgehead atoms. The van der Waals surface area contributed by atoms with Gasteiger partial charge in [0.1, 0.15) is 5.75 Å². The van der Waals surface area contributed by atoms with Gasteiger partial charge in [-0.2, -0.15) is 0 Å². The van der Waals surface area contributed by atoms with Crippen molar-refractivity contribution in [1.29, 1.82) is 0 Å². The number of hydrogen-bond acceptors (Lipinski definition) is 3. The van der Waals surface area contributed by atoms with Crippen LogP contribution in [0.5, 0.6) is 5.75 Å². The fourth-order valence-corrected chi connectivity index (χ4v) is 3.94. The van der Waals surface area contributed by atoms with Crippen molar-refractivity contribution >= 4 is 17.5 Å². The topological polar surface area (TPSA) is 50.4 Å². The largest absolute Gasteiger partial charge is 0.484 e. The number of hydrogen-bond donors (Lipinski definition) is 2. The summed E-state index contributed by atoms with van der Waals surface area (Å²) in [6.45, 7) is 12.6. The summed E-state index contributed by atoms with van der Waals surface area (Å²) >= 11 is 6.15. The Bertz CT molecular complexity index is 587. The number of rotatable bonds is 4. The molecule has 1 aromatic rings. The summed E-state index contributed by atoms with van der Waals surface area (Å²) in [4.78, 5) is 12.3. The van der Waals surface area contributed by atoms with Gasteiger partial charge in [0.05, 0.1) is 0 Å². The van der Waals surface area contributed by atoms with Crippen molar-refractivity contribution in [2.75, 3.05) is 6.61 Å². The Balaban J connectivity index is 1.92. The van der Waals surface area contributed by atoms with Gasteiger partial charge in [0.2, 0.25) is 0 Å². The fourth-order valence-electron chi connectivity index (χ4n) is 3.83. The van der Waals surface area contributed by atoms with Crippen molar-refractivity contribution in [1.82, 2.24) is 10.6 Å². The van der Waals surface area contributed by atoms with Gasteiger partial charge in [0, 0.05) is 22.1 Å². The number of amides is 1. The standard InChI is InChI=1S/C19H29ClN2O2/c1-12-7-15(8-13(2)17(12)20)24-11-16(23)21-14-9-18(3,4)22-19(5,6)10-14/h7-8,14,22H,9-11H2,1-6H3,(H,21,23). The fraction of sp³-hybridized carbons (Fsp3) is 0.632. The van der Waals surface area contributed by atoms with Crippen molar-refractivity contribution in [3.63, 3.8) is 0 Å². The zero-order chi connectivity index (χ0) is 18.1. The predicted octanol–water partition coefficient (Wildman–Crippen LogP) is 3.76. The average Bonchev–Trinajstić information content (AvgIpc) is 2.38. The number of ether oxygens (including phenoxy) is 1. The molecule has 4 nitrogen and oxygen atoms in total. The monoisotopic (exact) mass is 352 g/mol. The molecule has 0 aromatic heterocycles. The third-order valence-corrected chi connectivity index (χ3v) is 4.93. The van der Waals surface area contributed by atoms with E-state index in [1.165, 1.54) is 0 Å². The first kappa shape index (κ1) is 19.1. The van der Waals surface area contributed by atoms with Crippen molar-refractivity contribution < 1.29 is 9.53 Å². The van der Waals surface area contributed by atoms with E-state index in [4.69, 9.17) is 16.3 Å². The molecule has 1 saturated heterocycles. The number of piperidine rings is 1. The van der Waals surface area contributed by atoms with Gasteiger partial charge in [0.15, 0.2) is 6.61 Å². The van der Waals surface area contributed by atoms with Crippen LogP contribution < -0.4 is 15.4 Å². The number of aryl methyl sites for hydroxylation is 2. The second-order valence-electron chi connectivity index (χ2n) is 8.23. The summed E-state index contributed by atoms with van der Waals surface area (Å²) in [7, 11) is 0. The maximum absolute atomic E-state index is 12.3. The first-order valence-electron chi connectivity index (χ1n) is 8.46. The van der Waals surface area contributed by atoms with Gasteiger partial charge in [0.25, 0.3) is 5.91 Å². The van der Waals surface area contributed by atoms with Crippen LogP contribution in [0.15, 0.2) is 12.1 Å². The summed E-state index contributed by atoms with van der Waals surface area (Å²) in [5.74, 6) is 0.592. The molecular weight excluding hydrogens is 324 g/mol. The molecule has 2 N–H and O–H groups in total. The summed E-state index contributed by atoms with van der Waals surface area (Å²) in [6, 6.07) is 3.87. The van der Waals surface area contributed by atoms with Gasteiger partial charge in [-0.1, -0.05) is 11.6 Å². The van der Waals surface area contributed by atoms with Crippen LogP contribution >= 0.6 is 11.6 Å². The number of benzene rings is 1. The highest BCUT2D eigenvalue weighted by Gasteiger charge is 2.38. The number of carbonyl (C=O) groups is 1. The van der Waals surface area contributed by atoms with Crippen molar-refractivity contribution in [2.24, 2.45) is 0 Å². The summed E-state index contributed by atoms with van der Waals surface area (Å²) in [5, 5.41) is 7.47. The lowest BCUT2D eigenvalue weighted by Crippen LogP contribution is -2.62. The van der Waals surface area contributed by atoms with Crippen molar-refractivity contribution in [2.45, 2.75) is 71.5 Å². The molecule has 5 heteroatoms. The van der Waals surface area contributed by atoms with Gasteiger partial charge in [-0.05, 0) is 77.6 Å². The van der Waals surface area contributed by atoms with Crippen LogP contribution in [0.25, 0.3) is 0 Å². The minimum atomic E-state index is -0.0845. The normalized spacial score (nSPS) is 19.8. The lowest BCUT2D eigenvalue weighted by atomic mass is 9.79. The highest BCUT2D eigenvalue weighted by molar-refractivity contribution is 6.32. The summed E-state index contributed by atoms with van der Waals surface area (Å²) in [6.07, 6.45) is 1.81. The van der Waals surface area contributed by atoms with E-state index in [0.29, 0.717) is 5.75 Å². The van der Waals surface area contributed by atoms with Gasteiger partial charge in [-0.15, -0.1) is 0 Å². The maximum Gasteiger partial charge on any atom is 0.258 e. The minimum Gasteiger partial charge on any atom is -0.484 e. The van der Waals surface area contributed by atoms with Crippen LogP contribution in [0.2, 0.25) is 5.02 Å². The molecule has 0 aliphatic carbocycles.